The van der Waals surface area contributed by atoms with Gasteiger partial charge in [0, 0.05) is 19.3 Å². The molecular weight excluding hydrogens is 272 g/mol. The molecule has 4 rings (SSSR count). The van der Waals surface area contributed by atoms with Crippen molar-refractivity contribution in [1.29, 1.82) is 0 Å². The number of nitrogens with one attached hydrogen (secondary N) is 1. The van der Waals surface area contributed by atoms with Crippen LogP contribution in [-0.2, 0) is 6.54 Å². The second-order valence-corrected chi connectivity index (χ2v) is 5.59. The molecule has 100 valence electrons. The van der Waals surface area contributed by atoms with Crippen LogP contribution in [0.25, 0.3) is 10.7 Å². The highest BCUT2D eigenvalue weighted by Gasteiger charge is 2.26. The second-order valence-electron chi connectivity index (χ2n) is 4.70. The maximum atomic E-state index is 5.46. The van der Waals surface area contributed by atoms with Crippen LogP contribution in [-0.4, -0.2) is 21.7 Å². The molecule has 1 aliphatic rings. The molecule has 3 aromatic rings. The summed E-state index contributed by atoms with van der Waals surface area (Å²) in [5, 5.41) is 7.46. The normalized spacial score (nSPS) is 17.9. The van der Waals surface area contributed by atoms with E-state index >= 15 is 0 Å². The minimum atomic E-state index is 0.120. The first-order valence-corrected chi connectivity index (χ1v) is 7.31. The summed E-state index contributed by atoms with van der Waals surface area (Å²) in [4.78, 5) is 9.50. The van der Waals surface area contributed by atoms with Crippen molar-refractivity contribution in [2.45, 2.75) is 12.5 Å². The van der Waals surface area contributed by atoms with Crippen LogP contribution in [0.2, 0.25) is 0 Å². The molecular formula is C14H12N4OS. The van der Waals surface area contributed by atoms with E-state index in [9.17, 15) is 0 Å². The highest BCUT2D eigenvalue weighted by Crippen LogP contribution is 2.30. The zero-order valence-corrected chi connectivity index (χ0v) is 11.4. The van der Waals surface area contributed by atoms with Crippen LogP contribution in [0.5, 0.6) is 0 Å². The van der Waals surface area contributed by atoms with Gasteiger partial charge >= 0.3 is 0 Å². The number of nitrogens with zero attached hydrogens (tertiary/aromatic N) is 3. The highest BCUT2D eigenvalue weighted by atomic mass is 32.1. The average molecular weight is 284 g/mol. The van der Waals surface area contributed by atoms with Gasteiger partial charge in [-0.3, -0.25) is 4.98 Å². The van der Waals surface area contributed by atoms with Gasteiger partial charge in [0.25, 0.3) is 0 Å². The van der Waals surface area contributed by atoms with Crippen molar-refractivity contribution in [2.24, 2.45) is 0 Å². The van der Waals surface area contributed by atoms with Gasteiger partial charge in [-0.05, 0) is 11.1 Å². The summed E-state index contributed by atoms with van der Waals surface area (Å²) in [6.07, 6.45) is 1.76. The molecule has 0 saturated heterocycles. The Labute approximate surface area is 119 Å². The summed E-state index contributed by atoms with van der Waals surface area (Å²) < 4.78 is 5.46. The molecule has 1 aliphatic heterocycles. The third kappa shape index (κ3) is 1.93. The maximum absolute atomic E-state index is 5.46. The number of thiazole rings is 1. The molecule has 0 spiro atoms. The number of hydrogen-bond donors (Lipinski definition) is 1. The van der Waals surface area contributed by atoms with Gasteiger partial charge in [-0.2, -0.15) is 4.98 Å². The fourth-order valence-electron chi connectivity index (χ4n) is 2.52. The SMILES string of the molecule is c1ccc2c(c1)CNCC2c1nc(-c2cncs2)no1. The number of aromatic nitrogens is 3. The molecule has 0 radical (unpaired) electrons. The van der Waals surface area contributed by atoms with Gasteiger partial charge in [0.1, 0.15) is 0 Å². The van der Waals surface area contributed by atoms with E-state index in [1.165, 1.54) is 22.5 Å². The van der Waals surface area contributed by atoms with E-state index in [1.54, 1.807) is 11.7 Å². The Morgan fingerprint density at radius 2 is 2.25 bits per heavy atom. The molecule has 1 atom stereocenters. The molecule has 0 aliphatic carbocycles. The summed E-state index contributed by atoms with van der Waals surface area (Å²) in [6.45, 7) is 1.71. The topological polar surface area (TPSA) is 63.8 Å². The minimum absolute atomic E-state index is 0.120. The monoisotopic (exact) mass is 284 g/mol. The first kappa shape index (κ1) is 11.7. The van der Waals surface area contributed by atoms with Gasteiger partial charge in [0.2, 0.25) is 11.7 Å². The van der Waals surface area contributed by atoms with Crippen molar-refractivity contribution in [3.05, 3.63) is 53.0 Å². The van der Waals surface area contributed by atoms with Crippen molar-refractivity contribution in [2.75, 3.05) is 6.54 Å². The number of rotatable bonds is 2. The highest BCUT2D eigenvalue weighted by molar-refractivity contribution is 7.13. The lowest BCUT2D eigenvalue weighted by atomic mass is 9.91. The first-order chi connectivity index (χ1) is 9.92. The van der Waals surface area contributed by atoms with Gasteiger partial charge in [-0.25, -0.2) is 0 Å². The van der Waals surface area contributed by atoms with E-state index in [0.717, 1.165) is 18.0 Å². The number of fused-ring (bicyclic) bond motifs is 1. The van der Waals surface area contributed by atoms with Crippen molar-refractivity contribution in [1.82, 2.24) is 20.4 Å². The Morgan fingerprint density at radius 3 is 3.15 bits per heavy atom. The van der Waals surface area contributed by atoms with E-state index < -0.39 is 0 Å². The van der Waals surface area contributed by atoms with E-state index in [2.05, 4.69) is 44.7 Å². The van der Waals surface area contributed by atoms with E-state index in [1.807, 2.05) is 0 Å². The molecule has 0 fully saturated rings. The van der Waals surface area contributed by atoms with Gasteiger partial charge in [-0.1, -0.05) is 29.4 Å². The molecule has 1 N–H and O–H groups in total. The van der Waals surface area contributed by atoms with Crippen LogP contribution >= 0.6 is 11.3 Å². The van der Waals surface area contributed by atoms with Crippen LogP contribution in [0.1, 0.15) is 22.9 Å². The fraction of sp³-hybridized carbons (Fsp3) is 0.214. The Hall–Kier alpha value is -2.05. The standard InChI is InChI=1S/C14H12N4OS/c1-2-4-10-9(3-1)5-15-6-11(10)14-17-13(18-19-14)12-7-16-8-20-12/h1-4,7-8,11,15H,5-6H2. The Kier molecular flexibility index (Phi) is 2.82. The van der Waals surface area contributed by atoms with Gasteiger partial charge in [-0.15, -0.1) is 11.3 Å². The molecule has 3 heterocycles. The van der Waals surface area contributed by atoms with Crippen LogP contribution in [0.4, 0.5) is 0 Å². The van der Waals surface area contributed by atoms with Gasteiger partial charge < -0.3 is 9.84 Å². The first-order valence-electron chi connectivity index (χ1n) is 6.43. The largest absolute Gasteiger partial charge is 0.338 e. The smallest absolute Gasteiger partial charge is 0.235 e. The van der Waals surface area contributed by atoms with Gasteiger partial charge in [0.15, 0.2) is 0 Å². The molecule has 5 nitrogen and oxygen atoms in total. The quantitative estimate of drug-likeness (QED) is 0.783. The number of hydrogen-bond acceptors (Lipinski definition) is 6. The van der Waals surface area contributed by atoms with E-state index in [4.69, 9.17) is 4.52 Å². The van der Waals surface area contributed by atoms with Crippen molar-refractivity contribution < 1.29 is 4.52 Å². The predicted octanol–water partition coefficient (Wildman–Crippen LogP) is 2.43. The maximum Gasteiger partial charge on any atom is 0.235 e. The molecule has 0 saturated carbocycles. The Balaban J connectivity index is 1.72. The molecule has 20 heavy (non-hydrogen) atoms. The van der Waals surface area contributed by atoms with Crippen LogP contribution < -0.4 is 5.32 Å². The van der Waals surface area contributed by atoms with E-state index in [-0.39, 0.29) is 5.92 Å². The van der Waals surface area contributed by atoms with Crippen LogP contribution in [0.3, 0.4) is 0 Å². The van der Waals surface area contributed by atoms with Crippen molar-refractivity contribution >= 4 is 11.3 Å². The summed E-state index contributed by atoms with van der Waals surface area (Å²) in [5.41, 5.74) is 4.33. The molecule has 1 unspecified atom stereocenters. The van der Waals surface area contributed by atoms with Gasteiger partial charge in [0.05, 0.1) is 16.3 Å². The van der Waals surface area contributed by atoms with Crippen LogP contribution in [0.15, 0.2) is 40.5 Å². The molecule has 0 amide bonds. The van der Waals surface area contributed by atoms with E-state index in [0.29, 0.717) is 11.7 Å². The molecule has 2 aromatic heterocycles. The summed E-state index contributed by atoms with van der Waals surface area (Å²) in [7, 11) is 0. The lowest BCUT2D eigenvalue weighted by Crippen LogP contribution is -2.28. The average Bonchev–Trinajstić information content (AvgIpc) is 3.17. The minimum Gasteiger partial charge on any atom is -0.338 e. The summed E-state index contributed by atoms with van der Waals surface area (Å²) in [5.74, 6) is 1.40. The summed E-state index contributed by atoms with van der Waals surface area (Å²) in [6, 6.07) is 8.38. The molecule has 6 heteroatoms. The Morgan fingerprint density at radius 1 is 1.30 bits per heavy atom. The van der Waals surface area contributed by atoms with Crippen molar-refractivity contribution in [3.8, 4) is 10.7 Å². The fourth-order valence-corrected chi connectivity index (χ4v) is 3.06. The third-order valence-corrected chi connectivity index (χ3v) is 4.26. The number of benzene rings is 1. The molecule has 1 aromatic carbocycles. The zero-order valence-electron chi connectivity index (χ0n) is 10.6. The second kappa shape index (κ2) is 4.81. The van der Waals surface area contributed by atoms with Crippen LogP contribution in [0, 0.1) is 0 Å². The summed E-state index contributed by atoms with van der Waals surface area (Å²) >= 11 is 1.51. The van der Waals surface area contributed by atoms with Crippen molar-refractivity contribution in [3.63, 3.8) is 0 Å². The predicted molar refractivity (Wildman–Crippen MR) is 75.4 cm³/mol. The lowest BCUT2D eigenvalue weighted by molar-refractivity contribution is 0.356. The Bertz CT molecular complexity index is 722. The zero-order chi connectivity index (χ0) is 13.4. The third-order valence-electron chi connectivity index (χ3n) is 3.49. The molecule has 0 bridgehead atoms. The lowest BCUT2D eigenvalue weighted by Gasteiger charge is -2.23.